The maximum Gasteiger partial charge on any atom is 0.220 e. The van der Waals surface area contributed by atoms with Crippen LogP contribution in [0, 0.1) is 0 Å². The van der Waals surface area contributed by atoms with Crippen LogP contribution < -0.4 is 5.32 Å². The molecular formula is C68H131NO8. The Bertz CT molecular complexity index is 1260. The van der Waals surface area contributed by atoms with Crippen molar-refractivity contribution in [2.75, 3.05) is 13.2 Å². The van der Waals surface area contributed by atoms with Crippen molar-refractivity contribution in [1.29, 1.82) is 0 Å². The highest BCUT2D eigenvalue weighted by Gasteiger charge is 2.44. The van der Waals surface area contributed by atoms with Crippen molar-refractivity contribution in [3.8, 4) is 0 Å². The van der Waals surface area contributed by atoms with Crippen LogP contribution in [0.5, 0.6) is 0 Å². The molecule has 0 aromatic heterocycles. The Labute approximate surface area is 477 Å². The Morgan fingerprint density at radius 1 is 0.442 bits per heavy atom. The number of ether oxygens (including phenoxy) is 2. The van der Waals surface area contributed by atoms with Crippen LogP contribution in [-0.2, 0) is 14.3 Å². The van der Waals surface area contributed by atoms with E-state index in [1.165, 1.54) is 276 Å². The number of unbranched alkanes of at least 4 members (excludes halogenated alkanes) is 46. The van der Waals surface area contributed by atoms with E-state index in [4.69, 9.17) is 9.47 Å². The molecular weight excluding hydrogens is 959 g/mol. The predicted molar refractivity (Wildman–Crippen MR) is 327 cm³/mol. The standard InChI is InChI=1S/C68H131NO8/c1-3-5-7-9-11-13-15-17-19-21-23-25-27-29-30-31-32-34-36-38-40-42-44-46-48-50-52-54-56-58-64(72)69-61(60-76-68-67(75)66(74)65(73)63(59-70)77-68)62(71)57-55-53-51-49-47-45-43-41-39-37-35-33-28-26-24-22-20-18-16-14-12-10-8-6-4-2/h15,17,21,23,61-63,65-68,70-71,73-75H,3-14,16,18-20,22,24-60H2,1-2H3,(H,69,72)/b17-15-,23-21-. The van der Waals surface area contributed by atoms with E-state index in [0.717, 1.165) is 44.9 Å². The molecule has 9 nitrogen and oxygen atoms in total. The second kappa shape index (κ2) is 57.9. The highest BCUT2D eigenvalue weighted by atomic mass is 16.7. The van der Waals surface area contributed by atoms with E-state index >= 15 is 0 Å². The lowest BCUT2D eigenvalue weighted by atomic mass is 9.99. The molecule has 1 fully saturated rings. The summed E-state index contributed by atoms with van der Waals surface area (Å²) >= 11 is 0. The molecule has 1 rings (SSSR count). The fourth-order valence-corrected chi connectivity index (χ4v) is 11.2. The van der Waals surface area contributed by atoms with E-state index in [2.05, 4.69) is 43.5 Å². The van der Waals surface area contributed by atoms with Crippen molar-refractivity contribution < 1.29 is 39.8 Å². The number of amides is 1. The van der Waals surface area contributed by atoms with Gasteiger partial charge < -0.3 is 40.3 Å². The van der Waals surface area contributed by atoms with Gasteiger partial charge in [0.05, 0.1) is 25.4 Å². The second-order valence-corrected chi connectivity index (χ2v) is 24.0. The molecule has 1 saturated heterocycles. The first-order chi connectivity index (χ1) is 37.8. The molecule has 77 heavy (non-hydrogen) atoms. The first kappa shape index (κ1) is 73.7. The molecule has 6 N–H and O–H groups in total. The monoisotopic (exact) mass is 1090 g/mol. The van der Waals surface area contributed by atoms with E-state index in [1.807, 2.05) is 0 Å². The molecule has 0 saturated carbocycles. The summed E-state index contributed by atoms with van der Waals surface area (Å²) in [7, 11) is 0. The Kier molecular flexibility index (Phi) is 55.4. The van der Waals surface area contributed by atoms with Crippen LogP contribution in [-0.4, -0.2) is 87.5 Å². The molecule has 0 radical (unpaired) electrons. The van der Waals surface area contributed by atoms with Gasteiger partial charge in [-0.25, -0.2) is 0 Å². The highest BCUT2D eigenvalue weighted by molar-refractivity contribution is 5.76. The smallest absolute Gasteiger partial charge is 0.220 e. The fraction of sp³-hybridized carbons (Fsp3) is 0.926. The number of hydrogen-bond donors (Lipinski definition) is 6. The summed E-state index contributed by atoms with van der Waals surface area (Å²) in [4.78, 5) is 13.1. The summed E-state index contributed by atoms with van der Waals surface area (Å²) in [6, 6.07) is -0.718. The van der Waals surface area contributed by atoms with Crippen LogP contribution >= 0.6 is 0 Å². The van der Waals surface area contributed by atoms with Crippen molar-refractivity contribution in [1.82, 2.24) is 5.32 Å². The number of aliphatic hydroxyl groups is 5. The fourth-order valence-electron chi connectivity index (χ4n) is 11.2. The van der Waals surface area contributed by atoms with Gasteiger partial charge >= 0.3 is 0 Å². The molecule has 0 aromatic carbocycles. The number of carbonyl (C=O) groups excluding carboxylic acids is 1. The minimum Gasteiger partial charge on any atom is -0.394 e. The van der Waals surface area contributed by atoms with Crippen molar-refractivity contribution in [2.45, 2.75) is 391 Å². The number of carbonyl (C=O) groups is 1. The lowest BCUT2D eigenvalue weighted by molar-refractivity contribution is -0.302. The molecule has 1 heterocycles. The Morgan fingerprint density at radius 2 is 0.766 bits per heavy atom. The van der Waals surface area contributed by atoms with Gasteiger partial charge in [-0.05, 0) is 44.9 Å². The SMILES string of the molecule is CCCCCCC/C=C\C/C=C\CCCCCCCCCCCCCCCCCCCC(=O)NC(COC1OC(CO)C(O)C(O)C1O)C(O)CCCCCCCCCCCCCCCCCCCCCCCCCCC. The third-order valence-corrected chi connectivity index (χ3v) is 16.6. The number of allylic oxidation sites excluding steroid dienone is 4. The molecule has 0 aromatic rings. The Morgan fingerprint density at radius 3 is 1.12 bits per heavy atom. The third kappa shape index (κ3) is 46.9. The van der Waals surface area contributed by atoms with Gasteiger partial charge in [0.25, 0.3) is 0 Å². The first-order valence-electron chi connectivity index (χ1n) is 34.0. The molecule has 1 amide bonds. The van der Waals surface area contributed by atoms with E-state index in [9.17, 15) is 30.3 Å². The van der Waals surface area contributed by atoms with Crippen molar-refractivity contribution in [3.05, 3.63) is 24.3 Å². The summed E-state index contributed by atoms with van der Waals surface area (Å²) in [6.07, 6.45) is 68.1. The van der Waals surface area contributed by atoms with Crippen LogP contribution in [0.25, 0.3) is 0 Å². The van der Waals surface area contributed by atoms with E-state index in [0.29, 0.717) is 12.8 Å². The van der Waals surface area contributed by atoms with Gasteiger partial charge in [-0.1, -0.05) is 321 Å². The van der Waals surface area contributed by atoms with E-state index in [-0.39, 0.29) is 12.5 Å². The largest absolute Gasteiger partial charge is 0.394 e. The average Bonchev–Trinajstić information content (AvgIpc) is 3.43. The summed E-state index contributed by atoms with van der Waals surface area (Å²) < 4.78 is 11.4. The molecule has 7 atom stereocenters. The molecule has 0 spiro atoms. The van der Waals surface area contributed by atoms with Gasteiger partial charge in [-0.3, -0.25) is 4.79 Å². The molecule has 9 heteroatoms. The predicted octanol–water partition coefficient (Wildman–Crippen LogP) is 18.1. The lowest BCUT2D eigenvalue weighted by Crippen LogP contribution is -2.60. The maximum absolute atomic E-state index is 13.1. The summed E-state index contributed by atoms with van der Waals surface area (Å²) in [5.41, 5.74) is 0. The normalized spacial score (nSPS) is 18.8. The lowest BCUT2D eigenvalue weighted by Gasteiger charge is -2.40. The number of nitrogens with one attached hydrogen (secondary N) is 1. The quantitative estimate of drug-likeness (QED) is 0.0261. The Balaban J connectivity index is 2.12. The molecule has 456 valence electrons. The molecule has 1 aliphatic rings. The van der Waals surface area contributed by atoms with Gasteiger partial charge in [0.1, 0.15) is 24.4 Å². The average molecular weight is 1090 g/mol. The van der Waals surface area contributed by atoms with Gasteiger partial charge in [-0.15, -0.1) is 0 Å². The number of hydrogen-bond acceptors (Lipinski definition) is 8. The van der Waals surface area contributed by atoms with Crippen LogP contribution in [0.1, 0.15) is 348 Å². The zero-order valence-corrected chi connectivity index (χ0v) is 51.0. The minimum atomic E-state index is -1.55. The zero-order chi connectivity index (χ0) is 55.8. The van der Waals surface area contributed by atoms with Crippen molar-refractivity contribution >= 4 is 5.91 Å². The van der Waals surface area contributed by atoms with Crippen LogP contribution in [0.15, 0.2) is 24.3 Å². The highest BCUT2D eigenvalue weighted by Crippen LogP contribution is 2.24. The second-order valence-electron chi connectivity index (χ2n) is 24.0. The first-order valence-corrected chi connectivity index (χ1v) is 34.0. The zero-order valence-electron chi connectivity index (χ0n) is 51.0. The van der Waals surface area contributed by atoms with Crippen LogP contribution in [0.3, 0.4) is 0 Å². The molecule has 1 aliphatic heterocycles. The van der Waals surface area contributed by atoms with Gasteiger partial charge in [0.2, 0.25) is 5.91 Å². The van der Waals surface area contributed by atoms with E-state index < -0.39 is 49.5 Å². The number of aliphatic hydroxyl groups excluding tert-OH is 5. The third-order valence-electron chi connectivity index (χ3n) is 16.6. The maximum atomic E-state index is 13.1. The van der Waals surface area contributed by atoms with Gasteiger partial charge in [0.15, 0.2) is 6.29 Å². The van der Waals surface area contributed by atoms with Gasteiger partial charge in [0, 0.05) is 6.42 Å². The van der Waals surface area contributed by atoms with Gasteiger partial charge in [-0.2, -0.15) is 0 Å². The van der Waals surface area contributed by atoms with Crippen LogP contribution in [0.4, 0.5) is 0 Å². The van der Waals surface area contributed by atoms with E-state index in [1.54, 1.807) is 0 Å². The summed E-state index contributed by atoms with van der Waals surface area (Å²) in [5.74, 6) is -0.137. The number of rotatable bonds is 60. The molecule has 0 aliphatic carbocycles. The molecule has 0 bridgehead atoms. The van der Waals surface area contributed by atoms with Crippen LogP contribution in [0.2, 0.25) is 0 Å². The van der Waals surface area contributed by atoms with Crippen molar-refractivity contribution in [3.63, 3.8) is 0 Å². The van der Waals surface area contributed by atoms with Crippen molar-refractivity contribution in [2.24, 2.45) is 0 Å². The summed E-state index contributed by atoms with van der Waals surface area (Å²) in [6.45, 7) is 3.88. The topological polar surface area (TPSA) is 149 Å². The minimum absolute atomic E-state index is 0.133. The molecule has 7 unspecified atom stereocenters. The Hall–Kier alpha value is -1.33. The summed E-state index contributed by atoms with van der Waals surface area (Å²) in [5, 5.41) is 54.9.